The van der Waals surface area contributed by atoms with Crippen LogP contribution >= 0.6 is 0 Å². The molecule has 1 heterocycles. The van der Waals surface area contributed by atoms with Crippen molar-refractivity contribution in [2.75, 3.05) is 13.1 Å². The molecule has 0 aromatic heterocycles. The monoisotopic (exact) mass is 225 g/mol. The normalized spacial score (nSPS) is 28.9. The van der Waals surface area contributed by atoms with Crippen LogP contribution in [0, 0.1) is 11.8 Å². The lowest BCUT2D eigenvalue weighted by Gasteiger charge is -2.24. The summed E-state index contributed by atoms with van der Waals surface area (Å²) in [6, 6.07) is 0. The summed E-state index contributed by atoms with van der Waals surface area (Å²) < 4.78 is 5.32. The van der Waals surface area contributed by atoms with E-state index in [9.17, 15) is 9.90 Å². The van der Waals surface area contributed by atoms with E-state index in [1.165, 1.54) is 0 Å². The van der Waals surface area contributed by atoms with Crippen LogP contribution in [0.25, 0.3) is 0 Å². The molecular formula is C12H19NO3. The zero-order valence-corrected chi connectivity index (χ0v) is 10.1. The van der Waals surface area contributed by atoms with E-state index >= 15 is 0 Å². The lowest BCUT2D eigenvalue weighted by atomic mass is 10.0. The Morgan fingerprint density at radius 2 is 2.19 bits per heavy atom. The number of amides is 1. The summed E-state index contributed by atoms with van der Waals surface area (Å²) >= 11 is 0. The summed E-state index contributed by atoms with van der Waals surface area (Å²) in [6.07, 6.45) is 2.33. The largest absolute Gasteiger partial charge is 0.513 e. The average Bonchev–Trinajstić information content (AvgIpc) is 2.56. The molecule has 2 atom stereocenters. The van der Waals surface area contributed by atoms with Gasteiger partial charge in [0.2, 0.25) is 0 Å². The topological polar surface area (TPSA) is 49.8 Å². The number of hydrogen-bond donors (Lipinski definition) is 1. The molecule has 1 N–H and O–H groups in total. The van der Waals surface area contributed by atoms with Gasteiger partial charge in [0.15, 0.2) is 0 Å². The van der Waals surface area contributed by atoms with E-state index in [2.05, 4.69) is 0 Å². The van der Waals surface area contributed by atoms with Gasteiger partial charge in [0.05, 0.1) is 5.76 Å². The minimum absolute atomic E-state index is 0.241. The zero-order valence-electron chi connectivity index (χ0n) is 10.1. The number of rotatable bonds is 0. The minimum atomic E-state index is -0.438. The van der Waals surface area contributed by atoms with Gasteiger partial charge in [0.1, 0.15) is 5.60 Å². The van der Waals surface area contributed by atoms with Crippen molar-refractivity contribution in [3.63, 3.8) is 0 Å². The number of allylic oxidation sites excluding steroid dienone is 1. The second-order valence-electron chi connectivity index (χ2n) is 5.67. The molecule has 1 fully saturated rings. The van der Waals surface area contributed by atoms with Crippen LogP contribution in [-0.2, 0) is 4.74 Å². The Labute approximate surface area is 95.9 Å². The maximum absolute atomic E-state index is 11.8. The highest BCUT2D eigenvalue weighted by atomic mass is 16.6. The summed E-state index contributed by atoms with van der Waals surface area (Å²) in [5, 5.41) is 9.37. The maximum Gasteiger partial charge on any atom is 0.410 e. The molecular weight excluding hydrogens is 206 g/mol. The van der Waals surface area contributed by atoms with Crippen molar-refractivity contribution >= 4 is 6.09 Å². The van der Waals surface area contributed by atoms with Crippen LogP contribution < -0.4 is 0 Å². The summed E-state index contributed by atoms with van der Waals surface area (Å²) in [7, 11) is 0. The van der Waals surface area contributed by atoms with Gasteiger partial charge in [-0.05, 0) is 32.8 Å². The first kappa shape index (κ1) is 11.3. The molecule has 4 nitrogen and oxygen atoms in total. The van der Waals surface area contributed by atoms with Crippen molar-refractivity contribution in [3.05, 3.63) is 11.8 Å². The van der Waals surface area contributed by atoms with Crippen LogP contribution in [0.3, 0.4) is 0 Å². The van der Waals surface area contributed by atoms with Gasteiger partial charge in [-0.2, -0.15) is 0 Å². The predicted octanol–water partition coefficient (Wildman–Crippen LogP) is 2.32. The van der Waals surface area contributed by atoms with E-state index in [1.807, 2.05) is 26.8 Å². The first-order valence-corrected chi connectivity index (χ1v) is 5.73. The Morgan fingerprint density at radius 1 is 1.50 bits per heavy atom. The molecule has 1 aliphatic heterocycles. The Hall–Kier alpha value is -1.19. The molecule has 0 radical (unpaired) electrons. The number of likely N-dealkylation sites (tertiary alicyclic amines) is 1. The number of ether oxygens (including phenoxy) is 1. The highest BCUT2D eigenvalue weighted by Crippen LogP contribution is 2.36. The number of carbonyl (C=O) groups is 1. The Morgan fingerprint density at radius 3 is 2.75 bits per heavy atom. The van der Waals surface area contributed by atoms with Crippen molar-refractivity contribution in [2.45, 2.75) is 32.8 Å². The second kappa shape index (κ2) is 3.68. The van der Waals surface area contributed by atoms with E-state index < -0.39 is 5.60 Å². The van der Waals surface area contributed by atoms with Gasteiger partial charge in [-0.25, -0.2) is 4.79 Å². The molecule has 4 heteroatoms. The molecule has 90 valence electrons. The van der Waals surface area contributed by atoms with Gasteiger partial charge in [-0.1, -0.05) is 0 Å². The number of fused-ring (bicyclic) bond motifs is 1. The smallest absolute Gasteiger partial charge is 0.410 e. The number of carbonyl (C=O) groups excluding carboxylic acids is 1. The molecule has 1 aliphatic carbocycles. The number of aliphatic hydroxyl groups is 1. The van der Waals surface area contributed by atoms with Crippen LogP contribution in [-0.4, -0.2) is 34.8 Å². The van der Waals surface area contributed by atoms with Gasteiger partial charge < -0.3 is 14.7 Å². The predicted molar refractivity (Wildman–Crippen MR) is 60.1 cm³/mol. The molecule has 0 spiro atoms. The summed E-state index contributed by atoms with van der Waals surface area (Å²) in [5.41, 5.74) is -0.438. The Bertz CT molecular complexity index is 330. The van der Waals surface area contributed by atoms with Gasteiger partial charge in [-0.15, -0.1) is 0 Å². The molecule has 0 aromatic carbocycles. The molecule has 0 aromatic rings. The van der Waals surface area contributed by atoms with E-state index in [0.29, 0.717) is 37.1 Å². The molecule has 2 rings (SSSR count). The van der Waals surface area contributed by atoms with Crippen LogP contribution in [0.5, 0.6) is 0 Å². The molecule has 2 unspecified atom stereocenters. The van der Waals surface area contributed by atoms with E-state index in [-0.39, 0.29) is 6.09 Å². The third kappa shape index (κ3) is 2.31. The van der Waals surface area contributed by atoms with Crippen molar-refractivity contribution in [1.82, 2.24) is 4.90 Å². The van der Waals surface area contributed by atoms with Crippen molar-refractivity contribution < 1.29 is 14.6 Å². The number of aliphatic hydroxyl groups excluding tert-OH is 1. The van der Waals surface area contributed by atoms with E-state index in [0.717, 1.165) is 0 Å². The fourth-order valence-electron chi connectivity index (χ4n) is 2.36. The quantitative estimate of drug-likeness (QED) is 0.688. The lowest BCUT2D eigenvalue weighted by Crippen LogP contribution is -2.35. The first-order valence-electron chi connectivity index (χ1n) is 5.73. The summed E-state index contributed by atoms with van der Waals surface area (Å²) in [5.74, 6) is 1.17. The van der Waals surface area contributed by atoms with Gasteiger partial charge in [0.25, 0.3) is 0 Å². The zero-order chi connectivity index (χ0) is 11.9. The molecule has 16 heavy (non-hydrogen) atoms. The number of nitrogens with zero attached hydrogens (tertiary/aromatic N) is 1. The van der Waals surface area contributed by atoms with Crippen LogP contribution in [0.4, 0.5) is 4.79 Å². The second-order valence-corrected chi connectivity index (χ2v) is 5.67. The van der Waals surface area contributed by atoms with Crippen LogP contribution in [0.15, 0.2) is 11.8 Å². The first-order chi connectivity index (χ1) is 7.35. The van der Waals surface area contributed by atoms with Crippen molar-refractivity contribution in [2.24, 2.45) is 11.8 Å². The Balaban J connectivity index is 1.93. The molecule has 1 amide bonds. The van der Waals surface area contributed by atoms with Gasteiger partial charge in [0, 0.05) is 25.4 Å². The molecule has 0 saturated carbocycles. The van der Waals surface area contributed by atoms with Crippen molar-refractivity contribution in [3.8, 4) is 0 Å². The maximum atomic E-state index is 11.8. The average molecular weight is 225 g/mol. The van der Waals surface area contributed by atoms with Crippen molar-refractivity contribution in [1.29, 1.82) is 0 Å². The third-order valence-corrected chi connectivity index (χ3v) is 3.02. The van der Waals surface area contributed by atoms with Crippen LogP contribution in [0.2, 0.25) is 0 Å². The third-order valence-electron chi connectivity index (χ3n) is 3.02. The van der Waals surface area contributed by atoms with Crippen LogP contribution in [0.1, 0.15) is 27.2 Å². The summed E-state index contributed by atoms with van der Waals surface area (Å²) in [4.78, 5) is 13.5. The SMILES string of the molecule is CC(C)(C)OC(=O)N1CC2C=C(O)CC2C1. The van der Waals surface area contributed by atoms with E-state index in [1.54, 1.807) is 4.90 Å². The molecule has 0 bridgehead atoms. The fraction of sp³-hybridized carbons (Fsp3) is 0.750. The summed E-state index contributed by atoms with van der Waals surface area (Å²) in [6.45, 7) is 6.97. The molecule has 1 saturated heterocycles. The van der Waals surface area contributed by atoms with Gasteiger partial charge in [-0.3, -0.25) is 0 Å². The highest BCUT2D eigenvalue weighted by Gasteiger charge is 2.39. The van der Waals surface area contributed by atoms with Gasteiger partial charge >= 0.3 is 6.09 Å². The Kier molecular flexibility index (Phi) is 2.60. The van der Waals surface area contributed by atoms with E-state index in [4.69, 9.17) is 4.74 Å². The standard InChI is InChI=1S/C12H19NO3/c1-12(2,3)16-11(15)13-6-8-4-10(14)5-9(8)7-13/h4,8-9,14H,5-7H2,1-3H3. The fourth-order valence-corrected chi connectivity index (χ4v) is 2.36. The lowest BCUT2D eigenvalue weighted by molar-refractivity contribution is 0.0283. The number of hydrogen-bond acceptors (Lipinski definition) is 3. The molecule has 2 aliphatic rings. The highest BCUT2D eigenvalue weighted by molar-refractivity contribution is 5.68. The minimum Gasteiger partial charge on any atom is -0.513 e.